The second-order valence-corrected chi connectivity index (χ2v) is 6.81. The van der Waals surface area contributed by atoms with Crippen LogP contribution in [0.3, 0.4) is 0 Å². The van der Waals surface area contributed by atoms with Gasteiger partial charge in [-0.15, -0.1) is 0 Å². The van der Waals surface area contributed by atoms with Crippen molar-refractivity contribution in [2.45, 2.75) is 32.2 Å². The Kier molecular flexibility index (Phi) is 5.96. The predicted molar refractivity (Wildman–Crippen MR) is 94.1 cm³/mol. The molecule has 2 aliphatic heterocycles. The standard InChI is InChI=1S/C18H28N4O3/c1-15(23)20-9-5-10-22(12-11-20)18(24)19-14-16(17-6-4-13-25-17)21-7-2-3-8-21/h4,6,13,16H,2-3,5,7-12,14H2,1H3,(H,19,24)/t16-/m1/s1. The molecule has 3 heterocycles. The molecular weight excluding hydrogens is 320 g/mol. The Morgan fingerprint density at radius 2 is 1.80 bits per heavy atom. The Balaban J connectivity index is 1.55. The van der Waals surface area contributed by atoms with Gasteiger partial charge < -0.3 is 19.5 Å². The second kappa shape index (κ2) is 8.38. The van der Waals surface area contributed by atoms with Gasteiger partial charge in [-0.2, -0.15) is 0 Å². The SMILES string of the molecule is CC(=O)N1CCCN(C(=O)NC[C@H](c2ccco2)N2CCCC2)CC1. The number of urea groups is 1. The molecular formula is C18H28N4O3. The molecule has 1 N–H and O–H groups in total. The number of hydrogen-bond acceptors (Lipinski definition) is 4. The van der Waals surface area contributed by atoms with Crippen LogP contribution in [0.15, 0.2) is 22.8 Å². The number of carbonyl (C=O) groups excluding carboxylic acids is 2. The van der Waals surface area contributed by atoms with Gasteiger partial charge in [0.15, 0.2) is 0 Å². The van der Waals surface area contributed by atoms with Crippen molar-refractivity contribution in [3.63, 3.8) is 0 Å². The van der Waals surface area contributed by atoms with Crippen molar-refractivity contribution in [1.82, 2.24) is 20.0 Å². The molecule has 0 radical (unpaired) electrons. The lowest BCUT2D eigenvalue weighted by Gasteiger charge is -2.28. The highest BCUT2D eigenvalue weighted by atomic mass is 16.3. The minimum absolute atomic E-state index is 0.0545. The molecule has 0 aromatic carbocycles. The molecule has 0 aliphatic carbocycles. The molecule has 1 atom stereocenters. The van der Waals surface area contributed by atoms with E-state index in [1.165, 1.54) is 12.8 Å². The van der Waals surface area contributed by atoms with Crippen LogP contribution in [0.1, 0.15) is 38.0 Å². The monoisotopic (exact) mass is 348 g/mol. The molecule has 7 heteroatoms. The summed E-state index contributed by atoms with van der Waals surface area (Å²) in [6, 6.07) is 3.90. The number of hydrogen-bond donors (Lipinski definition) is 1. The van der Waals surface area contributed by atoms with Crippen LogP contribution in [0.25, 0.3) is 0 Å². The van der Waals surface area contributed by atoms with Crippen molar-refractivity contribution in [2.24, 2.45) is 0 Å². The van der Waals surface area contributed by atoms with Gasteiger partial charge in [0.25, 0.3) is 0 Å². The molecule has 7 nitrogen and oxygen atoms in total. The fourth-order valence-electron chi connectivity index (χ4n) is 3.68. The number of rotatable bonds is 4. The summed E-state index contributed by atoms with van der Waals surface area (Å²) < 4.78 is 5.60. The quantitative estimate of drug-likeness (QED) is 0.899. The lowest BCUT2D eigenvalue weighted by atomic mass is 10.2. The Morgan fingerprint density at radius 3 is 2.48 bits per heavy atom. The van der Waals surface area contributed by atoms with Crippen LogP contribution in [0.4, 0.5) is 4.79 Å². The number of furan rings is 1. The maximum Gasteiger partial charge on any atom is 0.317 e. The van der Waals surface area contributed by atoms with Crippen molar-refractivity contribution in [3.05, 3.63) is 24.2 Å². The summed E-state index contributed by atoms with van der Waals surface area (Å²) in [5.41, 5.74) is 0. The van der Waals surface area contributed by atoms with Crippen LogP contribution in [-0.2, 0) is 4.79 Å². The van der Waals surface area contributed by atoms with Crippen LogP contribution in [-0.4, -0.2) is 72.5 Å². The zero-order valence-electron chi connectivity index (χ0n) is 14.9. The summed E-state index contributed by atoms with van der Waals surface area (Å²) >= 11 is 0. The molecule has 0 spiro atoms. The van der Waals surface area contributed by atoms with Crippen molar-refractivity contribution in [3.8, 4) is 0 Å². The maximum atomic E-state index is 12.6. The van der Waals surface area contributed by atoms with E-state index in [4.69, 9.17) is 4.42 Å². The van der Waals surface area contributed by atoms with Crippen LogP contribution in [0, 0.1) is 0 Å². The third kappa shape index (κ3) is 4.54. The van der Waals surface area contributed by atoms with Gasteiger partial charge >= 0.3 is 6.03 Å². The minimum Gasteiger partial charge on any atom is -0.468 e. The average Bonchev–Trinajstić information content (AvgIpc) is 3.25. The minimum atomic E-state index is -0.0545. The van der Waals surface area contributed by atoms with Crippen LogP contribution >= 0.6 is 0 Å². The summed E-state index contributed by atoms with van der Waals surface area (Å²) in [6.45, 7) is 6.81. The molecule has 3 amide bonds. The molecule has 3 rings (SSSR count). The normalized spacial score (nSPS) is 20.4. The summed E-state index contributed by atoms with van der Waals surface area (Å²) in [5, 5.41) is 3.07. The van der Waals surface area contributed by atoms with Gasteiger partial charge in [0.1, 0.15) is 5.76 Å². The van der Waals surface area contributed by atoms with Gasteiger partial charge in [0.05, 0.1) is 12.3 Å². The lowest BCUT2D eigenvalue weighted by molar-refractivity contribution is -0.128. The van der Waals surface area contributed by atoms with E-state index < -0.39 is 0 Å². The summed E-state index contributed by atoms with van der Waals surface area (Å²) in [5.74, 6) is 0.981. The Bertz CT molecular complexity index is 569. The zero-order chi connectivity index (χ0) is 17.6. The first-order valence-electron chi connectivity index (χ1n) is 9.21. The molecule has 2 fully saturated rings. The number of carbonyl (C=O) groups is 2. The maximum absolute atomic E-state index is 12.6. The topological polar surface area (TPSA) is 69.0 Å². The zero-order valence-corrected chi connectivity index (χ0v) is 14.9. The van der Waals surface area contributed by atoms with Gasteiger partial charge in [-0.05, 0) is 44.5 Å². The first kappa shape index (κ1) is 17.8. The number of nitrogens with one attached hydrogen (secondary N) is 1. The number of nitrogens with zero attached hydrogens (tertiary/aromatic N) is 3. The molecule has 0 saturated carbocycles. The second-order valence-electron chi connectivity index (χ2n) is 6.81. The average molecular weight is 348 g/mol. The van der Waals surface area contributed by atoms with Gasteiger partial charge in [0.2, 0.25) is 5.91 Å². The fraction of sp³-hybridized carbons (Fsp3) is 0.667. The van der Waals surface area contributed by atoms with E-state index >= 15 is 0 Å². The van der Waals surface area contributed by atoms with E-state index in [1.54, 1.807) is 13.2 Å². The Morgan fingerprint density at radius 1 is 1.08 bits per heavy atom. The van der Waals surface area contributed by atoms with Crippen molar-refractivity contribution < 1.29 is 14.0 Å². The van der Waals surface area contributed by atoms with Crippen molar-refractivity contribution in [1.29, 1.82) is 0 Å². The fourth-order valence-corrected chi connectivity index (χ4v) is 3.68. The van der Waals surface area contributed by atoms with E-state index in [1.807, 2.05) is 21.9 Å². The molecule has 2 aliphatic rings. The molecule has 0 unspecified atom stereocenters. The largest absolute Gasteiger partial charge is 0.468 e. The van der Waals surface area contributed by atoms with Crippen LogP contribution in [0.5, 0.6) is 0 Å². The third-order valence-electron chi connectivity index (χ3n) is 5.13. The molecule has 1 aromatic rings. The predicted octanol–water partition coefficient (Wildman–Crippen LogP) is 1.68. The van der Waals surface area contributed by atoms with Crippen LogP contribution in [0.2, 0.25) is 0 Å². The molecule has 0 bridgehead atoms. The Hall–Kier alpha value is -2.02. The summed E-state index contributed by atoms with van der Waals surface area (Å²) in [4.78, 5) is 30.1. The molecule has 1 aromatic heterocycles. The number of amides is 3. The Labute approximate surface area is 148 Å². The van der Waals surface area contributed by atoms with Gasteiger partial charge in [-0.1, -0.05) is 0 Å². The van der Waals surface area contributed by atoms with Gasteiger partial charge in [-0.25, -0.2) is 4.79 Å². The molecule has 2 saturated heterocycles. The first-order valence-corrected chi connectivity index (χ1v) is 9.21. The third-order valence-corrected chi connectivity index (χ3v) is 5.13. The lowest BCUT2D eigenvalue weighted by Crippen LogP contribution is -2.45. The van der Waals surface area contributed by atoms with E-state index in [-0.39, 0.29) is 18.0 Å². The molecule has 25 heavy (non-hydrogen) atoms. The van der Waals surface area contributed by atoms with E-state index in [0.717, 1.165) is 31.8 Å². The van der Waals surface area contributed by atoms with E-state index in [9.17, 15) is 9.59 Å². The van der Waals surface area contributed by atoms with E-state index in [0.29, 0.717) is 26.2 Å². The number of likely N-dealkylation sites (tertiary alicyclic amines) is 1. The molecule has 138 valence electrons. The highest BCUT2D eigenvalue weighted by Crippen LogP contribution is 2.24. The van der Waals surface area contributed by atoms with Gasteiger partial charge in [-0.3, -0.25) is 9.69 Å². The first-order chi connectivity index (χ1) is 12.1. The van der Waals surface area contributed by atoms with Crippen LogP contribution < -0.4 is 5.32 Å². The highest BCUT2D eigenvalue weighted by molar-refractivity contribution is 5.75. The van der Waals surface area contributed by atoms with Gasteiger partial charge in [0, 0.05) is 39.6 Å². The van der Waals surface area contributed by atoms with Crippen molar-refractivity contribution >= 4 is 11.9 Å². The highest BCUT2D eigenvalue weighted by Gasteiger charge is 2.27. The van der Waals surface area contributed by atoms with E-state index in [2.05, 4.69) is 10.2 Å². The smallest absolute Gasteiger partial charge is 0.317 e. The summed E-state index contributed by atoms with van der Waals surface area (Å²) in [6.07, 6.45) is 4.89. The van der Waals surface area contributed by atoms with Crippen molar-refractivity contribution in [2.75, 3.05) is 45.8 Å². The summed E-state index contributed by atoms with van der Waals surface area (Å²) in [7, 11) is 0.